The van der Waals surface area contributed by atoms with Crippen LogP contribution in [0.3, 0.4) is 0 Å². The van der Waals surface area contributed by atoms with Gasteiger partial charge in [0.1, 0.15) is 4.90 Å². The average molecular weight is 275 g/mol. The Morgan fingerprint density at radius 2 is 2.22 bits per heavy atom. The molecule has 0 unspecified atom stereocenters. The van der Waals surface area contributed by atoms with Crippen LogP contribution in [0.5, 0.6) is 0 Å². The molecule has 1 heterocycles. The molecule has 0 aliphatic carbocycles. The number of nitrogens with zero attached hydrogens (tertiary/aromatic N) is 2. The summed E-state index contributed by atoms with van der Waals surface area (Å²) in [5.41, 5.74) is 4.48. The maximum atomic E-state index is 12.1. The minimum atomic E-state index is -3.77. The number of aromatic nitrogens is 2. The second-order valence-electron chi connectivity index (χ2n) is 3.81. The molecule has 1 aromatic heterocycles. The molecule has 8 nitrogen and oxygen atoms in total. The fraction of sp³-hybridized carbons (Fsp3) is 0.556. The molecule has 102 valence electrons. The van der Waals surface area contributed by atoms with Gasteiger partial charge in [-0.15, -0.1) is 0 Å². The molecular weight excluding hydrogens is 258 g/mol. The van der Waals surface area contributed by atoms with Gasteiger partial charge in [0.05, 0.1) is 11.7 Å². The standard InChI is InChI=1S/C9H17N5O3S/c1-3-9(4-2,8(10)13-15)14-18(16,17)7-5-11-12-6-7/h5-6,14-15H,3-4H2,1-2H3,(H2,10,13)(H,11,12). The normalized spacial score (nSPS) is 13.8. The summed E-state index contributed by atoms with van der Waals surface area (Å²) < 4.78 is 26.6. The van der Waals surface area contributed by atoms with Crippen molar-refractivity contribution in [2.24, 2.45) is 10.9 Å². The quantitative estimate of drug-likeness (QED) is 0.251. The molecule has 0 aliphatic heterocycles. The summed E-state index contributed by atoms with van der Waals surface area (Å²) in [6, 6.07) is 0. The van der Waals surface area contributed by atoms with E-state index >= 15 is 0 Å². The molecule has 9 heteroatoms. The van der Waals surface area contributed by atoms with E-state index in [1.54, 1.807) is 13.8 Å². The molecule has 0 fully saturated rings. The maximum Gasteiger partial charge on any atom is 0.244 e. The van der Waals surface area contributed by atoms with Crippen LogP contribution in [0.1, 0.15) is 26.7 Å². The Bertz CT molecular complexity index is 504. The molecule has 0 radical (unpaired) electrons. The smallest absolute Gasteiger partial charge is 0.244 e. The first-order valence-electron chi connectivity index (χ1n) is 5.42. The molecule has 0 aliphatic rings. The van der Waals surface area contributed by atoms with Gasteiger partial charge in [-0.3, -0.25) is 5.10 Å². The summed E-state index contributed by atoms with van der Waals surface area (Å²) in [4.78, 5) is -0.000449. The van der Waals surface area contributed by atoms with Gasteiger partial charge in [-0.2, -0.15) is 9.82 Å². The van der Waals surface area contributed by atoms with Gasteiger partial charge >= 0.3 is 0 Å². The first-order chi connectivity index (χ1) is 8.41. The first kappa shape index (κ1) is 14.5. The zero-order chi connectivity index (χ0) is 13.8. The summed E-state index contributed by atoms with van der Waals surface area (Å²) in [6.45, 7) is 3.50. The molecule has 0 amide bonds. The summed E-state index contributed by atoms with van der Waals surface area (Å²) >= 11 is 0. The van der Waals surface area contributed by atoms with Crippen molar-refractivity contribution in [1.29, 1.82) is 0 Å². The van der Waals surface area contributed by atoms with Crippen molar-refractivity contribution in [3.05, 3.63) is 12.4 Å². The van der Waals surface area contributed by atoms with Gasteiger partial charge in [-0.05, 0) is 12.8 Å². The summed E-state index contributed by atoms with van der Waals surface area (Å²) in [7, 11) is -3.77. The molecule has 0 spiro atoms. The van der Waals surface area contributed by atoms with E-state index in [9.17, 15) is 8.42 Å². The molecule has 5 N–H and O–H groups in total. The lowest BCUT2D eigenvalue weighted by Gasteiger charge is -2.30. The van der Waals surface area contributed by atoms with Crippen molar-refractivity contribution in [1.82, 2.24) is 14.9 Å². The summed E-state index contributed by atoms with van der Waals surface area (Å²) in [5.74, 6) is -0.167. The molecule has 1 aromatic rings. The minimum Gasteiger partial charge on any atom is -0.409 e. The molecule has 0 bridgehead atoms. The van der Waals surface area contributed by atoms with Crippen molar-refractivity contribution in [3.8, 4) is 0 Å². The predicted octanol–water partition coefficient (Wildman–Crippen LogP) is -0.00680. The molecule has 18 heavy (non-hydrogen) atoms. The number of nitrogens with one attached hydrogen (secondary N) is 2. The number of amidine groups is 1. The fourth-order valence-corrected chi connectivity index (χ4v) is 3.03. The van der Waals surface area contributed by atoms with Crippen LogP contribution in [0.4, 0.5) is 0 Å². The Labute approximate surface area is 105 Å². The first-order valence-corrected chi connectivity index (χ1v) is 6.91. The van der Waals surface area contributed by atoms with Crippen LogP contribution in [0.15, 0.2) is 22.4 Å². The Morgan fingerprint density at radius 1 is 1.61 bits per heavy atom. The van der Waals surface area contributed by atoms with E-state index in [1.165, 1.54) is 12.4 Å². The van der Waals surface area contributed by atoms with Gasteiger partial charge in [-0.25, -0.2) is 8.42 Å². The van der Waals surface area contributed by atoms with Crippen molar-refractivity contribution < 1.29 is 13.6 Å². The van der Waals surface area contributed by atoms with Crippen LogP contribution in [0, 0.1) is 0 Å². The Kier molecular flexibility index (Phi) is 4.30. The van der Waals surface area contributed by atoms with Crippen LogP contribution in [-0.2, 0) is 10.0 Å². The van der Waals surface area contributed by atoms with E-state index < -0.39 is 15.6 Å². The second-order valence-corrected chi connectivity index (χ2v) is 5.50. The number of nitrogens with two attached hydrogens (primary N) is 1. The number of oxime groups is 1. The number of aromatic amines is 1. The van der Waals surface area contributed by atoms with E-state index in [4.69, 9.17) is 10.9 Å². The topological polar surface area (TPSA) is 133 Å². The molecule has 1 rings (SSSR count). The van der Waals surface area contributed by atoms with Gasteiger partial charge < -0.3 is 10.9 Å². The van der Waals surface area contributed by atoms with Gasteiger partial charge in [0.15, 0.2) is 5.84 Å². The van der Waals surface area contributed by atoms with Crippen molar-refractivity contribution in [2.45, 2.75) is 37.1 Å². The molecule has 0 atom stereocenters. The average Bonchev–Trinajstić information content (AvgIpc) is 2.89. The molecular formula is C9H17N5O3S. The highest BCUT2D eigenvalue weighted by molar-refractivity contribution is 7.89. The second kappa shape index (κ2) is 5.36. The van der Waals surface area contributed by atoms with Crippen molar-refractivity contribution in [3.63, 3.8) is 0 Å². The van der Waals surface area contributed by atoms with Crippen LogP contribution in [-0.4, -0.2) is 35.2 Å². The Balaban J connectivity index is 3.13. The van der Waals surface area contributed by atoms with E-state index in [-0.39, 0.29) is 10.7 Å². The van der Waals surface area contributed by atoms with Gasteiger partial charge in [0.2, 0.25) is 10.0 Å². The summed E-state index contributed by atoms with van der Waals surface area (Å²) in [5, 5.41) is 17.7. The van der Waals surface area contributed by atoms with E-state index in [0.717, 1.165) is 0 Å². The maximum absolute atomic E-state index is 12.1. The Hall–Kier alpha value is -1.61. The highest BCUT2D eigenvalue weighted by atomic mass is 32.2. The lowest BCUT2D eigenvalue weighted by atomic mass is 9.93. The van der Waals surface area contributed by atoms with Crippen LogP contribution < -0.4 is 10.5 Å². The molecule has 0 saturated heterocycles. The Morgan fingerprint density at radius 3 is 2.61 bits per heavy atom. The van der Waals surface area contributed by atoms with Crippen LogP contribution >= 0.6 is 0 Å². The van der Waals surface area contributed by atoms with Crippen LogP contribution in [0.2, 0.25) is 0 Å². The third-order valence-electron chi connectivity index (χ3n) is 2.92. The SMILES string of the molecule is CCC(CC)(NS(=O)(=O)c1cn[nH]c1)/C(N)=N/O. The molecule has 0 aromatic carbocycles. The predicted molar refractivity (Wildman–Crippen MR) is 65.6 cm³/mol. The monoisotopic (exact) mass is 275 g/mol. The zero-order valence-corrected chi connectivity index (χ0v) is 11.0. The minimum absolute atomic E-state index is 0.000449. The number of H-pyrrole nitrogens is 1. The third-order valence-corrected chi connectivity index (χ3v) is 4.42. The largest absolute Gasteiger partial charge is 0.409 e. The number of sulfonamides is 1. The van der Waals surface area contributed by atoms with Gasteiger partial charge in [0.25, 0.3) is 0 Å². The lowest BCUT2D eigenvalue weighted by molar-refractivity contribution is 0.307. The van der Waals surface area contributed by atoms with E-state index in [1.807, 2.05) is 0 Å². The highest BCUT2D eigenvalue weighted by Crippen LogP contribution is 2.19. The van der Waals surface area contributed by atoms with Gasteiger partial charge in [0, 0.05) is 6.20 Å². The van der Waals surface area contributed by atoms with Crippen molar-refractivity contribution >= 4 is 15.9 Å². The third kappa shape index (κ3) is 2.62. The van der Waals surface area contributed by atoms with E-state index in [0.29, 0.717) is 12.8 Å². The molecule has 0 saturated carbocycles. The van der Waals surface area contributed by atoms with E-state index in [2.05, 4.69) is 20.1 Å². The highest BCUT2D eigenvalue weighted by Gasteiger charge is 2.36. The summed E-state index contributed by atoms with van der Waals surface area (Å²) in [6.07, 6.45) is 3.16. The number of rotatable bonds is 6. The van der Waals surface area contributed by atoms with Crippen molar-refractivity contribution in [2.75, 3.05) is 0 Å². The fourth-order valence-electron chi connectivity index (χ4n) is 1.61. The van der Waals surface area contributed by atoms with Crippen LogP contribution in [0.25, 0.3) is 0 Å². The number of hydrogen-bond donors (Lipinski definition) is 4. The lowest BCUT2D eigenvalue weighted by Crippen LogP contribution is -2.56. The zero-order valence-electron chi connectivity index (χ0n) is 10.2. The van der Waals surface area contributed by atoms with Gasteiger partial charge in [-0.1, -0.05) is 19.0 Å². The number of hydrogen-bond acceptors (Lipinski definition) is 5.